The van der Waals surface area contributed by atoms with Gasteiger partial charge in [-0.2, -0.15) is 0 Å². The molecule has 0 aromatic heterocycles. The van der Waals surface area contributed by atoms with Crippen LogP contribution in [0.4, 0.5) is 0 Å². The number of hydrogen-bond acceptors (Lipinski definition) is 5. The van der Waals surface area contributed by atoms with Gasteiger partial charge in [-0.15, -0.1) is 0 Å². The van der Waals surface area contributed by atoms with Crippen LogP contribution in [0.1, 0.15) is 52.4 Å². The van der Waals surface area contributed by atoms with Crippen LogP contribution in [0.3, 0.4) is 0 Å². The van der Waals surface area contributed by atoms with Gasteiger partial charge in [0.05, 0.1) is 7.11 Å². The molecule has 0 amide bonds. The first-order chi connectivity index (χ1) is 13.9. The molecule has 0 saturated carbocycles. The zero-order valence-corrected chi connectivity index (χ0v) is 17.9. The van der Waals surface area contributed by atoms with E-state index in [9.17, 15) is 9.90 Å². The number of benzene rings is 2. The van der Waals surface area contributed by atoms with Crippen LogP contribution < -0.4 is 9.47 Å². The van der Waals surface area contributed by atoms with Crippen LogP contribution in [-0.2, 0) is 11.2 Å². The highest BCUT2D eigenvalue weighted by Crippen LogP contribution is 2.42. The number of methoxy groups -OCH3 is 2. The van der Waals surface area contributed by atoms with Crippen LogP contribution >= 0.6 is 0 Å². The normalized spacial score (nSPS) is 11.1. The number of aryl methyl sites for hydroxylation is 1. The lowest BCUT2D eigenvalue weighted by molar-refractivity contribution is 0.0497. The fourth-order valence-electron chi connectivity index (χ4n) is 3.22. The number of aromatic hydroxyl groups is 1. The van der Waals surface area contributed by atoms with Gasteiger partial charge in [-0.25, -0.2) is 0 Å². The van der Waals surface area contributed by atoms with Crippen molar-refractivity contribution >= 4 is 11.9 Å². The van der Waals surface area contributed by atoms with Crippen molar-refractivity contribution in [1.29, 1.82) is 0 Å². The molecule has 0 radical (unpaired) electrons. The van der Waals surface area contributed by atoms with Crippen LogP contribution in [0.2, 0.25) is 0 Å². The SMILES string of the molecule is CCCCc1ccc(/C=C/C(=O)c2c(O)c(C)c(OCOC)c(C)c2OC)cc1. The third kappa shape index (κ3) is 5.39. The Hall–Kier alpha value is -2.79. The molecule has 0 aliphatic heterocycles. The van der Waals surface area contributed by atoms with Gasteiger partial charge in [-0.1, -0.05) is 43.7 Å². The minimum atomic E-state index is -0.334. The molecule has 0 heterocycles. The summed E-state index contributed by atoms with van der Waals surface area (Å²) in [4.78, 5) is 12.9. The molecule has 5 heteroatoms. The van der Waals surface area contributed by atoms with Crippen molar-refractivity contribution in [2.45, 2.75) is 40.0 Å². The van der Waals surface area contributed by atoms with E-state index in [0.717, 1.165) is 24.8 Å². The predicted molar refractivity (Wildman–Crippen MR) is 115 cm³/mol. The lowest BCUT2D eigenvalue weighted by Gasteiger charge is -2.18. The lowest BCUT2D eigenvalue weighted by Crippen LogP contribution is -2.08. The molecule has 2 aromatic rings. The largest absolute Gasteiger partial charge is 0.507 e. The van der Waals surface area contributed by atoms with E-state index in [-0.39, 0.29) is 23.9 Å². The predicted octanol–water partition coefficient (Wildman–Crippen LogP) is 5.24. The van der Waals surface area contributed by atoms with Gasteiger partial charge in [0.25, 0.3) is 0 Å². The molecule has 0 aliphatic carbocycles. The molecule has 0 bridgehead atoms. The molecule has 0 unspecified atom stereocenters. The quantitative estimate of drug-likeness (QED) is 0.337. The van der Waals surface area contributed by atoms with Crippen LogP contribution in [0.5, 0.6) is 17.2 Å². The first-order valence-electron chi connectivity index (χ1n) is 9.77. The zero-order valence-electron chi connectivity index (χ0n) is 17.9. The molecule has 2 rings (SSSR count). The number of phenolic OH excluding ortho intramolecular Hbond substituents is 1. The fourth-order valence-corrected chi connectivity index (χ4v) is 3.22. The molecule has 1 N–H and O–H groups in total. The summed E-state index contributed by atoms with van der Waals surface area (Å²) < 4.78 is 15.9. The summed E-state index contributed by atoms with van der Waals surface area (Å²) in [5.74, 6) is 0.259. The van der Waals surface area contributed by atoms with Crippen LogP contribution in [-0.4, -0.2) is 31.9 Å². The van der Waals surface area contributed by atoms with E-state index in [2.05, 4.69) is 19.1 Å². The lowest BCUT2D eigenvalue weighted by atomic mass is 9.98. The summed E-state index contributed by atoms with van der Waals surface area (Å²) in [5.41, 5.74) is 3.44. The monoisotopic (exact) mass is 398 g/mol. The molecule has 5 nitrogen and oxygen atoms in total. The van der Waals surface area contributed by atoms with Gasteiger partial charge in [0.1, 0.15) is 22.8 Å². The average molecular weight is 398 g/mol. The third-order valence-electron chi connectivity index (χ3n) is 4.84. The maximum absolute atomic E-state index is 12.9. The minimum absolute atomic E-state index is 0.0335. The van der Waals surface area contributed by atoms with Crippen LogP contribution in [0, 0.1) is 13.8 Å². The summed E-state index contributed by atoms with van der Waals surface area (Å²) in [7, 11) is 2.98. The molecular formula is C24H30O5. The Bertz CT molecular complexity index is 866. The van der Waals surface area contributed by atoms with Crippen molar-refractivity contribution in [3.8, 4) is 17.2 Å². The average Bonchev–Trinajstić information content (AvgIpc) is 2.73. The fraction of sp³-hybridized carbons (Fsp3) is 0.375. The summed E-state index contributed by atoms with van der Waals surface area (Å²) in [6.07, 6.45) is 6.57. The van der Waals surface area contributed by atoms with Gasteiger partial charge in [-0.05, 0) is 43.9 Å². The van der Waals surface area contributed by atoms with Gasteiger partial charge in [0, 0.05) is 18.2 Å². The number of rotatable bonds is 10. The molecule has 2 aromatic carbocycles. The zero-order chi connectivity index (χ0) is 21.4. The smallest absolute Gasteiger partial charge is 0.193 e. The second kappa shape index (κ2) is 10.7. The number of allylic oxidation sites excluding steroid dienone is 1. The van der Waals surface area contributed by atoms with E-state index >= 15 is 0 Å². The Morgan fingerprint density at radius 2 is 1.76 bits per heavy atom. The molecule has 0 atom stereocenters. The van der Waals surface area contributed by atoms with Crippen molar-refractivity contribution in [2.75, 3.05) is 21.0 Å². The number of ether oxygens (including phenoxy) is 3. The number of ketones is 1. The van der Waals surface area contributed by atoms with Crippen molar-refractivity contribution < 1.29 is 24.1 Å². The summed E-state index contributed by atoms with van der Waals surface area (Å²) in [6, 6.07) is 8.14. The number of carbonyl (C=O) groups excluding carboxylic acids is 1. The standard InChI is InChI=1S/C24H30O5/c1-6-7-8-18-9-11-19(12-10-18)13-14-20(25)21-22(26)16(2)23(29-15-27-4)17(3)24(21)28-5/h9-14,26H,6-8,15H2,1-5H3/b14-13+. The number of unbranched alkanes of at least 4 members (excludes halogenated alkanes) is 1. The molecule has 29 heavy (non-hydrogen) atoms. The second-order valence-corrected chi connectivity index (χ2v) is 6.93. The van der Waals surface area contributed by atoms with E-state index in [1.165, 1.54) is 25.9 Å². The highest BCUT2D eigenvalue weighted by molar-refractivity contribution is 6.11. The molecule has 156 valence electrons. The Balaban J connectivity index is 2.31. The van der Waals surface area contributed by atoms with Crippen molar-refractivity contribution in [3.05, 3.63) is 58.2 Å². The minimum Gasteiger partial charge on any atom is -0.507 e. The summed E-state index contributed by atoms with van der Waals surface area (Å²) >= 11 is 0. The van der Waals surface area contributed by atoms with E-state index in [0.29, 0.717) is 22.6 Å². The van der Waals surface area contributed by atoms with Gasteiger partial charge in [0.15, 0.2) is 12.6 Å². The maximum atomic E-state index is 12.9. The maximum Gasteiger partial charge on any atom is 0.193 e. The Morgan fingerprint density at radius 1 is 1.07 bits per heavy atom. The summed E-state index contributed by atoms with van der Waals surface area (Å²) in [6.45, 7) is 5.69. The van der Waals surface area contributed by atoms with Gasteiger partial charge in [-0.3, -0.25) is 4.79 Å². The molecule has 0 saturated heterocycles. The Labute approximate surface area is 172 Å². The first kappa shape index (κ1) is 22.5. The second-order valence-electron chi connectivity index (χ2n) is 6.93. The number of phenols is 1. The summed E-state index contributed by atoms with van der Waals surface area (Å²) in [5, 5.41) is 10.6. The molecule has 0 fully saturated rings. The molecular weight excluding hydrogens is 368 g/mol. The highest BCUT2D eigenvalue weighted by Gasteiger charge is 2.24. The Kier molecular flexibility index (Phi) is 8.28. The third-order valence-corrected chi connectivity index (χ3v) is 4.84. The van der Waals surface area contributed by atoms with Crippen molar-refractivity contribution in [2.24, 2.45) is 0 Å². The number of carbonyl (C=O) groups is 1. The van der Waals surface area contributed by atoms with Gasteiger partial charge in [0.2, 0.25) is 0 Å². The van der Waals surface area contributed by atoms with Crippen molar-refractivity contribution in [3.63, 3.8) is 0 Å². The topological polar surface area (TPSA) is 65.0 Å². The van der Waals surface area contributed by atoms with Gasteiger partial charge >= 0.3 is 0 Å². The van der Waals surface area contributed by atoms with Gasteiger partial charge < -0.3 is 19.3 Å². The van der Waals surface area contributed by atoms with Crippen molar-refractivity contribution in [1.82, 2.24) is 0 Å². The van der Waals surface area contributed by atoms with Crippen LogP contribution in [0.25, 0.3) is 6.08 Å². The number of hydrogen-bond donors (Lipinski definition) is 1. The van der Waals surface area contributed by atoms with Crippen LogP contribution in [0.15, 0.2) is 30.3 Å². The van der Waals surface area contributed by atoms with E-state index in [1.54, 1.807) is 19.9 Å². The molecule has 0 aliphatic rings. The first-order valence-corrected chi connectivity index (χ1v) is 9.77. The molecule has 0 spiro atoms. The van der Waals surface area contributed by atoms with E-state index < -0.39 is 0 Å². The van der Waals surface area contributed by atoms with E-state index in [4.69, 9.17) is 14.2 Å². The highest BCUT2D eigenvalue weighted by atomic mass is 16.7. The van der Waals surface area contributed by atoms with E-state index in [1.807, 2.05) is 12.1 Å². The Morgan fingerprint density at radius 3 is 2.34 bits per heavy atom.